The third-order valence-corrected chi connectivity index (χ3v) is 2.81. The molecule has 1 aromatic heterocycles. The molecular formula is C12H20N4O2. The molecule has 1 fully saturated rings. The van der Waals surface area contributed by atoms with E-state index in [-0.39, 0.29) is 12.1 Å². The first-order chi connectivity index (χ1) is 8.35. The Bertz CT molecular complexity index is 436. The van der Waals surface area contributed by atoms with Gasteiger partial charge in [-0.2, -0.15) is 5.10 Å². The van der Waals surface area contributed by atoms with Crippen LogP contribution in [0.15, 0.2) is 12.4 Å². The van der Waals surface area contributed by atoms with Gasteiger partial charge in [-0.05, 0) is 27.2 Å². The topological polar surface area (TPSA) is 73.4 Å². The molecule has 100 valence electrons. The van der Waals surface area contributed by atoms with E-state index in [0.717, 1.165) is 6.42 Å². The maximum absolute atomic E-state index is 11.9. The fourth-order valence-corrected chi connectivity index (χ4v) is 2.00. The van der Waals surface area contributed by atoms with Crippen LogP contribution in [0.1, 0.15) is 33.2 Å². The quantitative estimate of drug-likeness (QED) is 0.824. The van der Waals surface area contributed by atoms with Crippen molar-refractivity contribution in [2.75, 3.05) is 18.8 Å². The van der Waals surface area contributed by atoms with Crippen LogP contribution in [0.3, 0.4) is 0 Å². The molecule has 6 nitrogen and oxygen atoms in total. The number of aromatic nitrogens is 2. The van der Waals surface area contributed by atoms with Crippen LogP contribution in [0, 0.1) is 0 Å². The van der Waals surface area contributed by atoms with E-state index in [1.165, 1.54) is 0 Å². The van der Waals surface area contributed by atoms with Gasteiger partial charge in [-0.25, -0.2) is 4.79 Å². The Morgan fingerprint density at radius 2 is 2.28 bits per heavy atom. The highest BCUT2D eigenvalue weighted by Gasteiger charge is 2.30. The van der Waals surface area contributed by atoms with E-state index in [1.807, 2.05) is 25.5 Å². The molecular weight excluding hydrogens is 232 g/mol. The molecule has 0 saturated carbocycles. The first-order valence-corrected chi connectivity index (χ1v) is 6.13. The lowest BCUT2D eigenvalue weighted by Crippen LogP contribution is -2.35. The average Bonchev–Trinajstić information content (AvgIpc) is 2.82. The lowest BCUT2D eigenvalue weighted by molar-refractivity contribution is 0.0288. The van der Waals surface area contributed by atoms with E-state index >= 15 is 0 Å². The molecule has 1 atom stereocenters. The molecule has 6 heteroatoms. The molecule has 2 rings (SSSR count). The zero-order valence-electron chi connectivity index (χ0n) is 11.1. The van der Waals surface area contributed by atoms with E-state index in [2.05, 4.69) is 5.10 Å². The third-order valence-electron chi connectivity index (χ3n) is 2.81. The van der Waals surface area contributed by atoms with Gasteiger partial charge in [0.15, 0.2) is 0 Å². The van der Waals surface area contributed by atoms with E-state index in [9.17, 15) is 4.79 Å². The van der Waals surface area contributed by atoms with Crippen LogP contribution < -0.4 is 5.73 Å². The number of hydrogen-bond donors (Lipinski definition) is 1. The van der Waals surface area contributed by atoms with Crippen molar-refractivity contribution >= 4 is 11.8 Å². The highest BCUT2D eigenvalue weighted by molar-refractivity contribution is 5.68. The molecule has 2 N–H and O–H groups in total. The van der Waals surface area contributed by atoms with Crippen LogP contribution in [0.5, 0.6) is 0 Å². The second-order valence-electron chi connectivity index (χ2n) is 5.62. The zero-order valence-corrected chi connectivity index (χ0v) is 11.1. The summed E-state index contributed by atoms with van der Waals surface area (Å²) in [5.74, 6) is 0. The maximum atomic E-state index is 11.9. The van der Waals surface area contributed by atoms with Crippen molar-refractivity contribution in [3.63, 3.8) is 0 Å². The van der Waals surface area contributed by atoms with E-state index in [4.69, 9.17) is 10.5 Å². The molecule has 0 radical (unpaired) electrons. The number of anilines is 1. The number of likely N-dealkylation sites (tertiary alicyclic amines) is 1. The second kappa shape index (κ2) is 4.51. The molecule has 0 aliphatic carbocycles. The van der Waals surface area contributed by atoms with Crippen molar-refractivity contribution in [3.8, 4) is 0 Å². The Hall–Kier alpha value is -1.72. The van der Waals surface area contributed by atoms with Gasteiger partial charge in [-0.1, -0.05) is 0 Å². The average molecular weight is 252 g/mol. The number of rotatable bonds is 1. The third kappa shape index (κ3) is 2.94. The number of hydrogen-bond acceptors (Lipinski definition) is 4. The summed E-state index contributed by atoms with van der Waals surface area (Å²) in [7, 11) is 0. The predicted molar refractivity (Wildman–Crippen MR) is 68.1 cm³/mol. The fraction of sp³-hybridized carbons (Fsp3) is 0.667. The van der Waals surface area contributed by atoms with Gasteiger partial charge in [0.2, 0.25) is 0 Å². The lowest BCUT2D eigenvalue weighted by Gasteiger charge is -2.24. The largest absolute Gasteiger partial charge is 0.444 e. The molecule has 1 aliphatic heterocycles. The van der Waals surface area contributed by atoms with Gasteiger partial charge in [0.1, 0.15) is 5.60 Å². The number of nitrogens with zero attached hydrogens (tertiary/aromatic N) is 3. The highest BCUT2D eigenvalue weighted by Crippen LogP contribution is 2.23. The number of ether oxygens (including phenoxy) is 1. The summed E-state index contributed by atoms with van der Waals surface area (Å²) < 4.78 is 7.16. The minimum Gasteiger partial charge on any atom is -0.444 e. The van der Waals surface area contributed by atoms with E-state index in [0.29, 0.717) is 18.8 Å². The molecule has 0 spiro atoms. The summed E-state index contributed by atoms with van der Waals surface area (Å²) in [6.07, 6.45) is 4.03. The molecule has 1 amide bonds. The van der Waals surface area contributed by atoms with Crippen molar-refractivity contribution in [3.05, 3.63) is 12.4 Å². The van der Waals surface area contributed by atoms with Gasteiger partial charge in [0, 0.05) is 19.3 Å². The van der Waals surface area contributed by atoms with Gasteiger partial charge in [-0.15, -0.1) is 0 Å². The second-order valence-corrected chi connectivity index (χ2v) is 5.62. The van der Waals surface area contributed by atoms with Crippen molar-refractivity contribution in [1.29, 1.82) is 0 Å². The molecule has 2 heterocycles. The summed E-state index contributed by atoms with van der Waals surface area (Å²) >= 11 is 0. The number of carbonyl (C=O) groups is 1. The van der Waals surface area contributed by atoms with Gasteiger partial charge >= 0.3 is 6.09 Å². The Morgan fingerprint density at radius 3 is 2.83 bits per heavy atom. The van der Waals surface area contributed by atoms with Crippen molar-refractivity contribution in [2.45, 2.75) is 38.8 Å². The molecule has 0 aromatic carbocycles. The number of nitrogen functional groups attached to an aromatic ring is 1. The van der Waals surface area contributed by atoms with Gasteiger partial charge in [0.25, 0.3) is 0 Å². The van der Waals surface area contributed by atoms with Crippen LogP contribution in [-0.4, -0.2) is 39.5 Å². The molecule has 1 aromatic rings. The van der Waals surface area contributed by atoms with Crippen molar-refractivity contribution < 1.29 is 9.53 Å². The lowest BCUT2D eigenvalue weighted by atomic mass is 10.2. The summed E-state index contributed by atoms with van der Waals surface area (Å²) in [5, 5.41) is 4.18. The molecule has 1 aliphatic rings. The fourth-order valence-electron chi connectivity index (χ4n) is 2.00. The van der Waals surface area contributed by atoms with E-state index < -0.39 is 5.60 Å². The number of amides is 1. The summed E-state index contributed by atoms with van der Waals surface area (Å²) in [5.41, 5.74) is 5.83. The molecule has 1 saturated heterocycles. The Balaban J connectivity index is 1.94. The molecule has 18 heavy (non-hydrogen) atoms. The summed E-state index contributed by atoms with van der Waals surface area (Å²) in [6.45, 7) is 6.92. The van der Waals surface area contributed by atoms with Crippen LogP contribution in [-0.2, 0) is 4.74 Å². The highest BCUT2D eigenvalue weighted by atomic mass is 16.6. The van der Waals surface area contributed by atoms with Crippen LogP contribution in [0.2, 0.25) is 0 Å². The zero-order chi connectivity index (χ0) is 13.3. The van der Waals surface area contributed by atoms with Gasteiger partial charge in [-0.3, -0.25) is 4.68 Å². The van der Waals surface area contributed by atoms with Gasteiger partial charge < -0.3 is 15.4 Å². The first-order valence-electron chi connectivity index (χ1n) is 6.13. The van der Waals surface area contributed by atoms with Gasteiger partial charge in [0.05, 0.1) is 17.9 Å². The van der Waals surface area contributed by atoms with Crippen molar-refractivity contribution in [1.82, 2.24) is 14.7 Å². The van der Waals surface area contributed by atoms with Crippen LogP contribution >= 0.6 is 0 Å². The SMILES string of the molecule is CC(C)(C)OC(=O)N1CCC(n2cc(N)cn2)C1. The summed E-state index contributed by atoms with van der Waals surface area (Å²) in [6, 6.07) is 0.190. The maximum Gasteiger partial charge on any atom is 0.410 e. The number of nitrogens with two attached hydrogens (primary N) is 1. The normalized spacial score (nSPS) is 20.2. The molecule has 1 unspecified atom stereocenters. The number of carbonyl (C=O) groups excluding carboxylic acids is 1. The minimum absolute atomic E-state index is 0.190. The Labute approximate surface area is 107 Å². The smallest absolute Gasteiger partial charge is 0.410 e. The molecule has 0 bridgehead atoms. The Kier molecular flexibility index (Phi) is 3.19. The minimum atomic E-state index is -0.453. The van der Waals surface area contributed by atoms with E-state index in [1.54, 1.807) is 17.3 Å². The van der Waals surface area contributed by atoms with Crippen molar-refractivity contribution in [2.24, 2.45) is 0 Å². The predicted octanol–water partition coefficient (Wildman–Crippen LogP) is 1.65. The standard InChI is InChI=1S/C12H20N4O2/c1-12(2,3)18-11(17)15-5-4-10(8-15)16-7-9(13)6-14-16/h6-7,10H,4-5,8,13H2,1-3H3. The Morgan fingerprint density at radius 1 is 1.56 bits per heavy atom. The first kappa shape index (κ1) is 12.7. The van der Waals surface area contributed by atoms with Crippen LogP contribution in [0.4, 0.5) is 10.5 Å². The monoisotopic (exact) mass is 252 g/mol. The van der Waals surface area contributed by atoms with Crippen LogP contribution in [0.25, 0.3) is 0 Å². The summed E-state index contributed by atoms with van der Waals surface area (Å²) in [4.78, 5) is 13.6.